The Kier molecular flexibility index (Phi) is 3.78. The van der Waals surface area contributed by atoms with Crippen LogP contribution >= 0.6 is 0 Å². The lowest BCUT2D eigenvalue weighted by atomic mass is 9.76. The molecular weight excluding hydrogens is 218 g/mol. The van der Waals surface area contributed by atoms with E-state index in [-0.39, 0.29) is 17.2 Å². The van der Waals surface area contributed by atoms with Crippen LogP contribution in [0.15, 0.2) is 0 Å². The summed E-state index contributed by atoms with van der Waals surface area (Å²) in [5.41, 5.74) is 6.03. The first-order valence-electron chi connectivity index (χ1n) is 6.52. The Labute approximate surface area is 104 Å². The zero-order valence-electron chi connectivity index (χ0n) is 11.2. The zero-order chi connectivity index (χ0) is 12.5. The van der Waals surface area contributed by atoms with Crippen LogP contribution in [0.25, 0.3) is 0 Å². The molecule has 0 aromatic heterocycles. The van der Waals surface area contributed by atoms with E-state index in [1.165, 1.54) is 0 Å². The molecule has 1 spiro atoms. The van der Waals surface area contributed by atoms with Crippen LogP contribution in [0.3, 0.4) is 0 Å². The standard InChI is InChI=1S/C13H25NO3/c1-12(2,15-3)11(14)10-4-6-17-13(8-10)5-7-16-9-13/h10-11H,4-9,14H2,1-3H3. The monoisotopic (exact) mass is 243 g/mol. The molecule has 2 fully saturated rings. The van der Waals surface area contributed by atoms with Crippen LogP contribution in [-0.2, 0) is 14.2 Å². The van der Waals surface area contributed by atoms with Gasteiger partial charge in [0.2, 0.25) is 0 Å². The van der Waals surface area contributed by atoms with Crippen molar-refractivity contribution in [2.75, 3.05) is 26.9 Å². The van der Waals surface area contributed by atoms with Gasteiger partial charge in [0, 0.05) is 32.8 Å². The summed E-state index contributed by atoms with van der Waals surface area (Å²) in [6, 6.07) is 0.0499. The average Bonchev–Trinajstić information content (AvgIpc) is 2.76. The van der Waals surface area contributed by atoms with E-state index in [1.54, 1.807) is 7.11 Å². The predicted molar refractivity (Wildman–Crippen MR) is 65.9 cm³/mol. The van der Waals surface area contributed by atoms with Crippen LogP contribution in [0.2, 0.25) is 0 Å². The maximum Gasteiger partial charge on any atom is 0.0939 e. The number of methoxy groups -OCH3 is 1. The second kappa shape index (κ2) is 4.84. The van der Waals surface area contributed by atoms with Crippen LogP contribution in [0.1, 0.15) is 33.1 Å². The maximum absolute atomic E-state index is 6.37. The number of hydrogen-bond donors (Lipinski definition) is 1. The molecule has 0 aliphatic carbocycles. The van der Waals surface area contributed by atoms with E-state index in [4.69, 9.17) is 19.9 Å². The summed E-state index contributed by atoms with van der Waals surface area (Å²) in [6.07, 6.45) is 3.03. The molecule has 17 heavy (non-hydrogen) atoms. The first-order chi connectivity index (χ1) is 7.99. The van der Waals surface area contributed by atoms with Gasteiger partial charge in [0.05, 0.1) is 17.8 Å². The Bertz CT molecular complexity index is 261. The third kappa shape index (κ3) is 2.65. The van der Waals surface area contributed by atoms with E-state index in [0.29, 0.717) is 5.92 Å². The summed E-state index contributed by atoms with van der Waals surface area (Å²) < 4.78 is 16.9. The van der Waals surface area contributed by atoms with Gasteiger partial charge in [0.15, 0.2) is 0 Å². The molecule has 4 heteroatoms. The first kappa shape index (κ1) is 13.3. The third-order valence-corrected chi connectivity index (χ3v) is 4.43. The normalized spacial score (nSPS) is 36.4. The summed E-state index contributed by atoms with van der Waals surface area (Å²) in [5.74, 6) is 0.459. The molecule has 2 saturated heterocycles. The third-order valence-electron chi connectivity index (χ3n) is 4.43. The Morgan fingerprint density at radius 1 is 1.41 bits per heavy atom. The predicted octanol–water partition coefficient (Wildman–Crippen LogP) is 1.32. The van der Waals surface area contributed by atoms with Gasteiger partial charge in [0.25, 0.3) is 0 Å². The van der Waals surface area contributed by atoms with Crippen molar-refractivity contribution < 1.29 is 14.2 Å². The minimum atomic E-state index is -0.275. The van der Waals surface area contributed by atoms with Crippen molar-refractivity contribution in [3.05, 3.63) is 0 Å². The first-order valence-corrected chi connectivity index (χ1v) is 6.52. The minimum Gasteiger partial charge on any atom is -0.378 e. The molecule has 0 aromatic rings. The van der Waals surface area contributed by atoms with E-state index >= 15 is 0 Å². The highest BCUT2D eigenvalue weighted by atomic mass is 16.6. The van der Waals surface area contributed by atoms with Crippen molar-refractivity contribution in [3.63, 3.8) is 0 Å². The van der Waals surface area contributed by atoms with Gasteiger partial charge in [-0.15, -0.1) is 0 Å². The van der Waals surface area contributed by atoms with Gasteiger partial charge in [-0.25, -0.2) is 0 Å². The Morgan fingerprint density at radius 2 is 2.18 bits per heavy atom. The second-order valence-electron chi connectivity index (χ2n) is 5.92. The Hall–Kier alpha value is -0.160. The average molecular weight is 243 g/mol. The molecule has 2 aliphatic rings. The van der Waals surface area contributed by atoms with Crippen LogP contribution in [0, 0.1) is 5.92 Å². The number of rotatable bonds is 3. The lowest BCUT2D eigenvalue weighted by Crippen LogP contribution is -2.54. The van der Waals surface area contributed by atoms with Crippen LogP contribution < -0.4 is 5.73 Å². The molecule has 0 saturated carbocycles. The van der Waals surface area contributed by atoms with Crippen LogP contribution in [0.5, 0.6) is 0 Å². The largest absolute Gasteiger partial charge is 0.378 e. The second-order valence-corrected chi connectivity index (χ2v) is 5.92. The maximum atomic E-state index is 6.37. The van der Waals surface area contributed by atoms with E-state index in [1.807, 2.05) is 0 Å². The lowest BCUT2D eigenvalue weighted by molar-refractivity contribution is -0.116. The van der Waals surface area contributed by atoms with Crippen molar-refractivity contribution in [3.8, 4) is 0 Å². The molecule has 2 aliphatic heterocycles. The highest BCUT2D eigenvalue weighted by molar-refractivity contribution is 4.97. The SMILES string of the molecule is COC(C)(C)C(N)C1CCOC2(CCOC2)C1. The molecule has 0 aromatic carbocycles. The molecule has 100 valence electrons. The van der Waals surface area contributed by atoms with Gasteiger partial charge >= 0.3 is 0 Å². The summed E-state index contributed by atoms with van der Waals surface area (Å²) >= 11 is 0. The fourth-order valence-electron chi connectivity index (χ4n) is 2.94. The van der Waals surface area contributed by atoms with E-state index < -0.39 is 0 Å². The summed E-state index contributed by atoms with van der Waals surface area (Å²) in [7, 11) is 1.73. The summed E-state index contributed by atoms with van der Waals surface area (Å²) in [5, 5.41) is 0. The molecule has 0 bridgehead atoms. The minimum absolute atomic E-state index is 0.0499. The summed E-state index contributed by atoms with van der Waals surface area (Å²) in [4.78, 5) is 0. The van der Waals surface area contributed by atoms with Crippen LogP contribution in [-0.4, -0.2) is 44.2 Å². The number of ether oxygens (including phenoxy) is 3. The van der Waals surface area contributed by atoms with Gasteiger partial charge in [-0.2, -0.15) is 0 Å². The zero-order valence-corrected chi connectivity index (χ0v) is 11.2. The Balaban J connectivity index is 2.02. The van der Waals surface area contributed by atoms with Gasteiger partial charge < -0.3 is 19.9 Å². The smallest absolute Gasteiger partial charge is 0.0939 e. The van der Waals surface area contributed by atoms with Gasteiger partial charge in [-0.05, 0) is 32.6 Å². The number of nitrogens with two attached hydrogens (primary N) is 1. The molecule has 3 unspecified atom stereocenters. The van der Waals surface area contributed by atoms with Crippen molar-refractivity contribution in [1.82, 2.24) is 0 Å². The molecular formula is C13H25NO3. The highest BCUT2D eigenvalue weighted by Gasteiger charge is 2.45. The fourth-order valence-corrected chi connectivity index (χ4v) is 2.94. The van der Waals surface area contributed by atoms with Crippen LogP contribution in [0.4, 0.5) is 0 Å². The molecule has 4 nitrogen and oxygen atoms in total. The molecule has 2 N–H and O–H groups in total. The van der Waals surface area contributed by atoms with Crippen molar-refractivity contribution >= 4 is 0 Å². The lowest BCUT2D eigenvalue weighted by Gasteiger charge is -2.43. The fraction of sp³-hybridized carbons (Fsp3) is 1.00. The van der Waals surface area contributed by atoms with Gasteiger partial charge in [-0.3, -0.25) is 0 Å². The Morgan fingerprint density at radius 3 is 2.76 bits per heavy atom. The van der Waals surface area contributed by atoms with Crippen molar-refractivity contribution in [2.45, 2.75) is 50.4 Å². The molecule has 0 radical (unpaired) electrons. The topological polar surface area (TPSA) is 53.7 Å². The van der Waals surface area contributed by atoms with Gasteiger partial charge in [0.1, 0.15) is 0 Å². The summed E-state index contributed by atoms with van der Waals surface area (Å²) in [6.45, 7) is 6.46. The van der Waals surface area contributed by atoms with E-state index in [0.717, 1.165) is 39.1 Å². The van der Waals surface area contributed by atoms with Gasteiger partial charge in [-0.1, -0.05) is 0 Å². The molecule has 2 rings (SSSR count). The number of hydrogen-bond acceptors (Lipinski definition) is 4. The molecule has 2 heterocycles. The van der Waals surface area contributed by atoms with Crippen molar-refractivity contribution in [1.29, 1.82) is 0 Å². The molecule has 0 amide bonds. The van der Waals surface area contributed by atoms with E-state index in [2.05, 4.69) is 13.8 Å². The van der Waals surface area contributed by atoms with E-state index in [9.17, 15) is 0 Å². The quantitative estimate of drug-likeness (QED) is 0.812. The van der Waals surface area contributed by atoms with Crippen molar-refractivity contribution in [2.24, 2.45) is 11.7 Å². The molecule has 3 atom stereocenters. The highest BCUT2D eigenvalue weighted by Crippen LogP contribution is 2.38.